The molecule has 0 fully saturated rings. The van der Waals surface area contributed by atoms with Gasteiger partial charge < -0.3 is 0 Å². The quantitative estimate of drug-likeness (QED) is 0.167. The molecule has 0 unspecified atom stereocenters. The van der Waals surface area contributed by atoms with E-state index in [1.165, 1.54) is 30.9 Å². The Morgan fingerprint density at radius 2 is 0.864 bits per heavy atom. The van der Waals surface area contributed by atoms with Crippen LogP contribution >= 0.6 is 22.7 Å². The van der Waals surface area contributed by atoms with Crippen LogP contribution in [-0.4, -0.2) is 29.1 Å². The van der Waals surface area contributed by atoms with Crippen molar-refractivity contribution >= 4 is 95.9 Å². The van der Waals surface area contributed by atoms with Crippen LogP contribution in [-0.2, 0) is 0 Å². The first-order chi connectivity index (χ1) is 32.7. The van der Waals surface area contributed by atoms with Crippen LogP contribution in [0.1, 0.15) is 0 Å². The Morgan fingerprint density at radius 1 is 0.333 bits per heavy atom. The Balaban J connectivity index is 0.945. The first-order valence-corrected chi connectivity index (χ1v) is 23.6. The van der Waals surface area contributed by atoms with Gasteiger partial charge in [-0.25, -0.2) is 9.97 Å². The summed E-state index contributed by atoms with van der Waals surface area (Å²) in [6.45, 7) is 0. The van der Waals surface area contributed by atoms with E-state index in [0.717, 1.165) is 81.6 Å². The van der Waals surface area contributed by atoms with Gasteiger partial charge in [0.05, 0.1) is 22.1 Å². The van der Waals surface area contributed by atoms with Gasteiger partial charge in [0.15, 0.2) is 11.6 Å². The Kier molecular flexibility index (Phi) is 8.22. The van der Waals surface area contributed by atoms with Crippen molar-refractivity contribution in [1.29, 1.82) is 0 Å². The predicted octanol–water partition coefficient (Wildman–Crippen LogP) is 15.7. The van der Waals surface area contributed by atoms with Crippen LogP contribution in [0.15, 0.2) is 206 Å². The number of imidazole rings is 1. The van der Waals surface area contributed by atoms with E-state index in [1.807, 2.05) is 12.1 Å². The van der Waals surface area contributed by atoms with E-state index in [0.29, 0.717) is 17.6 Å². The van der Waals surface area contributed by atoms with Gasteiger partial charge in [-0.2, -0.15) is 9.97 Å². The topological polar surface area (TPSA) is 61.4 Å². The number of thiophene rings is 2. The van der Waals surface area contributed by atoms with Gasteiger partial charge in [-0.1, -0.05) is 140 Å². The van der Waals surface area contributed by atoms with Crippen LogP contribution in [0.2, 0.25) is 0 Å². The fraction of sp³-hybridized carbons (Fsp3) is 0. The van der Waals surface area contributed by atoms with Gasteiger partial charge in [-0.3, -0.25) is 9.13 Å². The van der Waals surface area contributed by atoms with Crippen molar-refractivity contribution in [3.63, 3.8) is 0 Å². The van der Waals surface area contributed by atoms with E-state index < -0.39 is 0 Å². The Morgan fingerprint density at radius 3 is 1.55 bits per heavy atom. The molecule has 14 rings (SSSR count). The minimum Gasteiger partial charge on any atom is -0.292 e. The zero-order valence-corrected chi connectivity index (χ0v) is 36.8. The molecule has 8 heteroatoms. The van der Waals surface area contributed by atoms with Crippen molar-refractivity contribution in [1.82, 2.24) is 29.1 Å². The molecule has 0 aliphatic heterocycles. The number of hydrogen-bond acceptors (Lipinski definition) is 6. The van der Waals surface area contributed by atoms with E-state index in [9.17, 15) is 0 Å². The Bertz CT molecular complexity index is 4100. The lowest BCUT2D eigenvalue weighted by Gasteiger charge is -2.12. The predicted molar refractivity (Wildman–Crippen MR) is 276 cm³/mol. The molecule has 0 saturated carbocycles. The number of fused-ring (bicyclic) bond motifs is 10. The van der Waals surface area contributed by atoms with Crippen LogP contribution in [0.3, 0.4) is 0 Å². The summed E-state index contributed by atoms with van der Waals surface area (Å²) < 4.78 is 9.27. The highest BCUT2D eigenvalue weighted by molar-refractivity contribution is 7.26. The maximum absolute atomic E-state index is 5.42. The summed E-state index contributed by atoms with van der Waals surface area (Å²) in [6, 6.07) is 73.1. The minimum absolute atomic E-state index is 0.579. The minimum atomic E-state index is 0.579. The molecule has 308 valence electrons. The summed E-state index contributed by atoms with van der Waals surface area (Å²) in [5.41, 5.74) is 10.5. The monoisotopic (exact) mass is 878 g/mol. The van der Waals surface area contributed by atoms with Gasteiger partial charge in [0.1, 0.15) is 5.82 Å². The molecule has 0 N–H and O–H groups in total. The maximum Gasteiger partial charge on any atom is 0.238 e. The summed E-state index contributed by atoms with van der Waals surface area (Å²) in [6.07, 6.45) is 0. The smallest absolute Gasteiger partial charge is 0.238 e. The second kappa shape index (κ2) is 14.6. The summed E-state index contributed by atoms with van der Waals surface area (Å²) in [5, 5.41) is 7.14. The van der Waals surface area contributed by atoms with Gasteiger partial charge in [0, 0.05) is 73.5 Å². The molecule has 5 aromatic heterocycles. The molecule has 0 amide bonds. The van der Waals surface area contributed by atoms with Crippen molar-refractivity contribution in [2.75, 3.05) is 0 Å². The largest absolute Gasteiger partial charge is 0.292 e. The van der Waals surface area contributed by atoms with Crippen molar-refractivity contribution in [2.45, 2.75) is 0 Å². The lowest BCUT2D eigenvalue weighted by Crippen LogP contribution is -2.06. The average molecular weight is 879 g/mol. The fourth-order valence-corrected chi connectivity index (χ4v) is 12.2. The number of para-hydroxylation sites is 4. The zero-order chi connectivity index (χ0) is 43.3. The van der Waals surface area contributed by atoms with Gasteiger partial charge in [-0.05, 0) is 77.9 Å². The second-order valence-electron chi connectivity index (χ2n) is 16.6. The molecule has 0 atom stereocenters. The van der Waals surface area contributed by atoms with Crippen LogP contribution in [0, 0.1) is 0 Å². The van der Waals surface area contributed by atoms with Crippen LogP contribution in [0.5, 0.6) is 0 Å². The summed E-state index contributed by atoms with van der Waals surface area (Å²) in [7, 11) is 0. The molecule has 6 nitrogen and oxygen atoms in total. The Labute approximate surface area is 386 Å². The van der Waals surface area contributed by atoms with Crippen LogP contribution < -0.4 is 0 Å². The number of benzene rings is 9. The highest BCUT2D eigenvalue weighted by Gasteiger charge is 2.22. The molecular weight excluding hydrogens is 845 g/mol. The normalized spacial score (nSPS) is 11.9. The van der Waals surface area contributed by atoms with E-state index in [2.05, 4.69) is 203 Å². The second-order valence-corrected chi connectivity index (χ2v) is 18.7. The lowest BCUT2D eigenvalue weighted by atomic mass is 10.0. The van der Waals surface area contributed by atoms with Crippen molar-refractivity contribution < 1.29 is 0 Å². The van der Waals surface area contributed by atoms with Gasteiger partial charge in [-0.15, -0.1) is 22.7 Å². The van der Waals surface area contributed by atoms with Crippen molar-refractivity contribution in [3.8, 4) is 56.9 Å². The average Bonchev–Trinajstić information content (AvgIpc) is 4.15. The third kappa shape index (κ3) is 5.72. The molecule has 9 aromatic carbocycles. The van der Waals surface area contributed by atoms with E-state index in [1.54, 1.807) is 22.7 Å². The zero-order valence-electron chi connectivity index (χ0n) is 35.1. The molecular formula is C58H34N6S2. The standard InChI is InChI=1S/C58H34N6S2/c1-2-14-38(15-3-1)63-50-25-9-7-23-47(50)59-57(63)36-30-28-35(29-31-36)37-32-33-49-46(34-37)39-16-4-8-24-48(39)64(49)58-61-55(44-21-12-19-42-40-17-5-10-26-51(40)65-53(42)44)60-56(62-58)45-22-13-20-43-41-18-6-11-27-52(41)66-54(43)45/h1-34H. The molecule has 0 aliphatic rings. The molecule has 66 heavy (non-hydrogen) atoms. The van der Waals surface area contributed by atoms with E-state index in [-0.39, 0.29) is 0 Å². The highest BCUT2D eigenvalue weighted by atomic mass is 32.1. The number of hydrogen-bond donors (Lipinski definition) is 0. The maximum atomic E-state index is 5.42. The molecule has 0 saturated heterocycles. The SMILES string of the molecule is c1ccc(-n2c(-c3ccc(-c4ccc5c(c4)c4ccccc4n5-c4nc(-c5cccc6c5sc5ccccc56)nc(-c5cccc6c5sc5ccccc56)n4)cc3)nc3ccccc32)cc1. The fourth-order valence-electron chi connectivity index (χ4n) is 9.79. The van der Waals surface area contributed by atoms with Crippen LogP contribution in [0.4, 0.5) is 0 Å². The first-order valence-electron chi connectivity index (χ1n) is 22.0. The molecule has 0 aliphatic carbocycles. The number of rotatable bonds is 6. The van der Waals surface area contributed by atoms with Gasteiger partial charge >= 0.3 is 0 Å². The first kappa shape index (κ1) is 37.1. The van der Waals surface area contributed by atoms with E-state index >= 15 is 0 Å². The summed E-state index contributed by atoms with van der Waals surface area (Å²) in [4.78, 5) is 21.3. The van der Waals surface area contributed by atoms with Crippen LogP contribution in [0.25, 0.3) is 130 Å². The van der Waals surface area contributed by atoms with Crippen molar-refractivity contribution in [3.05, 3.63) is 206 Å². The molecule has 14 aromatic rings. The summed E-state index contributed by atoms with van der Waals surface area (Å²) in [5.74, 6) is 2.79. The number of aromatic nitrogens is 6. The lowest BCUT2D eigenvalue weighted by molar-refractivity contribution is 0.955. The van der Waals surface area contributed by atoms with Gasteiger partial charge in [0.25, 0.3) is 0 Å². The third-order valence-corrected chi connectivity index (χ3v) is 15.3. The van der Waals surface area contributed by atoms with Crippen molar-refractivity contribution in [2.24, 2.45) is 0 Å². The van der Waals surface area contributed by atoms with E-state index in [4.69, 9.17) is 19.9 Å². The molecule has 5 heterocycles. The molecule has 0 spiro atoms. The Hall–Kier alpha value is -8.30. The third-order valence-electron chi connectivity index (χ3n) is 12.8. The molecule has 0 radical (unpaired) electrons. The summed E-state index contributed by atoms with van der Waals surface area (Å²) >= 11 is 3.58. The number of nitrogens with zero attached hydrogens (tertiary/aromatic N) is 6. The highest BCUT2D eigenvalue weighted by Crippen LogP contribution is 2.43. The molecule has 0 bridgehead atoms. The van der Waals surface area contributed by atoms with Gasteiger partial charge in [0.2, 0.25) is 5.95 Å².